The van der Waals surface area contributed by atoms with Crippen LogP contribution in [0.15, 0.2) is 59.4 Å². The van der Waals surface area contributed by atoms with Gasteiger partial charge in [0.1, 0.15) is 0 Å². The normalized spacial score (nSPS) is 11.8. The third-order valence-electron chi connectivity index (χ3n) is 4.53. The Bertz CT molecular complexity index is 1050. The summed E-state index contributed by atoms with van der Waals surface area (Å²) in [5.74, 6) is -1.10. The monoisotopic (exact) mass is 378 g/mol. The van der Waals surface area contributed by atoms with Crippen molar-refractivity contribution in [1.82, 2.24) is 10.3 Å². The number of para-hydroxylation sites is 1. The lowest BCUT2D eigenvalue weighted by Gasteiger charge is -2.17. The van der Waals surface area contributed by atoms with E-state index in [4.69, 9.17) is 4.74 Å². The number of aromatic amines is 1. The molecule has 6 nitrogen and oxygen atoms in total. The molecule has 0 bridgehead atoms. The summed E-state index contributed by atoms with van der Waals surface area (Å²) in [5.41, 5.74) is 2.41. The number of nitrogens with one attached hydrogen (secondary N) is 2. The van der Waals surface area contributed by atoms with Gasteiger partial charge in [-0.05, 0) is 25.0 Å². The van der Waals surface area contributed by atoms with Gasteiger partial charge in [-0.1, -0.05) is 55.0 Å². The average molecular weight is 378 g/mol. The van der Waals surface area contributed by atoms with Gasteiger partial charge in [0.2, 0.25) is 5.56 Å². The van der Waals surface area contributed by atoms with Crippen molar-refractivity contribution in [3.05, 3.63) is 81.6 Å². The SMILES string of the molecule is CC[C@H](NC(=O)COC(=O)c1cc(=O)[nH]c2ccccc12)c1ccc(C)cc1. The second-order valence-electron chi connectivity index (χ2n) is 6.61. The van der Waals surface area contributed by atoms with Crippen molar-refractivity contribution in [2.24, 2.45) is 0 Å². The van der Waals surface area contributed by atoms with Gasteiger partial charge in [0.05, 0.1) is 11.6 Å². The molecule has 0 aliphatic heterocycles. The van der Waals surface area contributed by atoms with E-state index >= 15 is 0 Å². The number of rotatable bonds is 6. The van der Waals surface area contributed by atoms with Gasteiger partial charge in [0.25, 0.3) is 5.91 Å². The number of ether oxygens (including phenoxy) is 1. The highest BCUT2D eigenvalue weighted by molar-refractivity contribution is 6.03. The van der Waals surface area contributed by atoms with Gasteiger partial charge >= 0.3 is 5.97 Å². The molecular weight excluding hydrogens is 356 g/mol. The fourth-order valence-corrected chi connectivity index (χ4v) is 3.04. The maximum absolute atomic E-state index is 12.4. The molecule has 1 aromatic heterocycles. The minimum absolute atomic E-state index is 0.137. The Hall–Kier alpha value is -3.41. The van der Waals surface area contributed by atoms with Crippen molar-refractivity contribution < 1.29 is 14.3 Å². The second kappa shape index (κ2) is 8.52. The van der Waals surface area contributed by atoms with Crippen molar-refractivity contribution in [2.75, 3.05) is 6.61 Å². The molecule has 0 saturated heterocycles. The number of aryl methyl sites for hydroxylation is 1. The van der Waals surface area contributed by atoms with E-state index in [1.807, 2.05) is 38.1 Å². The smallest absolute Gasteiger partial charge is 0.339 e. The van der Waals surface area contributed by atoms with E-state index in [-0.39, 0.29) is 11.6 Å². The number of esters is 1. The van der Waals surface area contributed by atoms with E-state index in [0.717, 1.165) is 11.1 Å². The number of benzene rings is 2. The second-order valence-corrected chi connectivity index (χ2v) is 6.61. The highest BCUT2D eigenvalue weighted by Crippen LogP contribution is 2.18. The third-order valence-corrected chi connectivity index (χ3v) is 4.53. The van der Waals surface area contributed by atoms with Crippen molar-refractivity contribution in [3.63, 3.8) is 0 Å². The van der Waals surface area contributed by atoms with Gasteiger partial charge in [-0.25, -0.2) is 4.79 Å². The van der Waals surface area contributed by atoms with Crippen LogP contribution in [-0.4, -0.2) is 23.5 Å². The summed E-state index contributed by atoms with van der Waals surface area (Å²) in [6.45, 7) is 3.56. The molecule has 2 aromatic carbocycles. The topological polar surface area (TPSA) is 88.3 Å². The predicted octanol–water partition coefficient (Wildman–Crippen LogP) is 3.26. The first-order valence-corrected chi connectivity index (χ1v) is 9.13. The Labute approximate surface area is 162 Å². The lowest BCUT2D eigenvalue weighted by molar-refractivity contribution is -0.125. The number of amides is 1. The van der Waals surface area contributed by atoms with E-state index in [2.05, 4.69) is 10.3 Å². The Morgan fingerprint density at radius 3 is 2.54 bits per heavy atom. The van der Waals surface area contributed by atoms with Crippen molar-refractivity contribution in [2.45, 2.75) is 26.3 Å². The number of hydrogen-bond acceptors (Lipinski definition) is 4. The van der Waals surface area contributed by atoms with Crippen LogP contribution in [0.25, 0.3) is 10.9 Å². The van der Waals surface area contributed by atoms with Gasteiger partial charge in [0, 0.05) is 17.0 Å². The maximum Gasteiger partial charge on any atom is 0.339 e. The largest absolute Gasteiger partial charge is 0.452 e. The Kier molecular flexibility index (Phi) is 5.89. The van der Waals surface area contributed by atoms with Gasteiger partial charge in [0.15, 0.2) is 6.61 Å². The first kappa shape index (κ1) is 19.4. The van der Waals surface area contributed by atoms with E-state index in [0.29, 0.717) is 17.3 Å². The van der Waals surface area contributed by atoms with Crippen LogP contribution in [0.1, 0.15) is 40.9 Å². The van der Waals surface area contributed by atoms with Gasteiger partial charge in [-0.2, -0.15) is 0 Å². The molecule has 6 heteroatoms. The number of pyridine rings is 1. The lowest BCUT2D eigenvalue weighted by Crippen LogP contribution is -2.32. The van der Waals surface area contributed by atoms with Gasteiger partial charge in [-0.3, -0.25) is 9.59 Å². The highest BCUT2D eigenvalue weighted by Gasteiger charge is 2.17. The van der Waals surface area contributed by atoms with Crippen LogP contribution in [0, 0.1) is 6.92 Å². The quantitative estimate of drug-likeness (QED) is 0.645. The number of aromatic nitrogens is 1. The number of carbonyl (C=O) groups excluding carboxylic acids is 2. The minimum Gasteiger partial charge on any atom is -0.452 e. The first-order valence-electron chi connectivity index (χ1n) is 9.13. The van der Waals surface area contributed by atoms with E-state index in [1.165, 1.54) is 6.07 Å². The minimum atomic E-state index is -0.708. The van der Waals surface area contributed by atoms with Crippen molar-refractivity contribution >= 4 is 22.8 Å². The van der Waals surface area contributed by atoms with Gasteiger partial charge < -0.3 is 15.0 Å². The molecule has 1 amide bonds. The van der Waals surface area contributed by atoms with E-state index in [9.17, 15) is 14.4 Å². The molecule has 144 valence electrons. The average Bonchev–Trinajstić information content (AvgIpc) is 2.70. The molecule has 1 heterocycles. The first-order chi connectivity index (χ1) is 13.5. The molecule has 0 spiro atoms. The molecule has 0 aliphatic carbocycles. The van der Waals surface area contributed by atoms with Crippen molar-refractivity contribution in [3.8, 4) is 0 Å². The zero-order valence-corrected chi connectivity index (χ0v) is 15.8. The molecule has 1 atom stereocenters. The van der Waals surface area contributed by atoms with Crippen LogP contribution >= 0.6 is 0 Å². The van der Waals surface area contributed by atoms with Crippen molar-refractivity contribution in [1.29, 1.82) is 0 Å². The fraction of sp³-hybridized carbons (Fsp3) is 0.227. The van der Waals surface area contributed by atoms with Gasteiger partial charge in [-0.15, -0.1) is 0 Å². The molecule has 0 unspecified atom stereocenters. The molecule has 3 aromatic rings. The Morgan fingerprint density at radius 1 is 1.11 bits per heavy atom. The molecule has 0 aliphatic rings. The lowest BCUT2D eigenvalue weighted by atomic mass is 10.0. The summed E-state index contributed by atoms with van der Waals surface area (Å²) in [4.78, 5) is 39.1. The number of H-pyrrole nitrogens is 1. The summed E-state index contributed by atoms with van der Waals surface area (Å²) in [7, 11) is 0. The molecule has 28 heavy (non-hydrogen) atoms. The molecule has 0 saturated carbocycles. The zero-order valence-electron chi connectivity index (χ0n) is 15.8. The number of carbonyl (C=O) groups is 2. The molecule has 3 rings (SSSR count). The maximum atomic E-state index is 12.4. The number of hydrogen-bond donors (Lipinski definition) is 2. The predicted molar refractivity (Wildman–Crippen MR) is 107 cm³/mol. The molecule has 2 N–H and O–H groups in total. The van der Waals surface area contributed by atoms with E-state index < -0.39 is 24.0 Å². The highest BCUT2D eigenvalue weighted by atomic mass is 16.5. The summed E-state index contributed by atoms with van der Waals surface area (Å²) < 4.78 is 5.15. The third kappa shape index (κ3) is 4.46. The van der Waals surface area contributed by atoms with Crippen LogP contribution in [0.5, 0.6) is 0 Å². The summed E-state index contributed by atoms with van der Waals surface area (Å²) >= 11 is 0. The Balaban J connectivity index is 1.67. The van der Waals surface area contributed by atoms with E-state index in [1.54, 1.807) is 24.3 Å². The van der Waals surface area contributed by atoms with Crippen LogP contribution in [0.2, 0.25) is 0 Å². The fourth-order valence-electron chi connectivity index (χ4n) is 3.04. The Morgan fingerprint density at radius 2 is 1.82 bits per heavy atom. The summed E-state index contributed by atoms with van der Waals surface area (Å²) in [6.07, 6.45) is 0.710. The van der Waals surface area contributed by atoms with Crippen LogP contribution in [0.4, 0.5) is 0 Å². The number of fused-ring (bicyclic) bond motifs is 1. The standard InChI is InChI=1S/C22H22N2O4/c1-3-18(15-10-8-14(2)9-11-15)23-21(26)13-28-22(27)17-12-20(25)24-19-7-5-4-6-16(17)19/h4-12,18H,3,13H2,1-2H3,(H,23,26)(H,24,25)/t18-/m0/s1. The molecule has 0 radical (unpaired) electrons. The summed E-state index contributed by atoms with van der Waals surface area (Å²) in [5, 5.41) is 3.44. The van der Waals surface area contributed by atoms with Crippen LogP contribution in [0.3, 0.4) is 0 Å². The van der Waals surface area contributed by atoms with Crippen LogP contribution in [-0.2, 0) is 9.53 Å². The van der Waals surface area contributed by atoms with Crippen LogP contribution < -0.4 is 10.9 Å². The summed E-state index contributed by atoms with van der Waals surface area (Å²) in [6, 6.07) is 15.9. The zero-order chi connectivity index (χ0) is 20.1. The molecule has 0 fully saturated rings. The molecular formula is C22H22N2O4.